The third kappa shape index (κ3) is 2.96. The van der Waals surface area contributed by atoms with Gasteiger partial charge in [-0.2, -0.15) is 0 Å². The first-order valence-corrected chi connectivity index (χ1v) is 8.74. The van der Waals surface area contributed by atoms with Crippen LogP contribution in [0.5, 0.6) is 0 Å². The van der Waals surface area contributed by atoms with Gasteiger partial charge < -0.3 is 21.3 Å². The molecule has 3 rings (SSSR count). The van der Waals surface area contributed by atoms with Crippen molar-refractivity contribution in [1.29, 1.82) is 0 Å². The van der Waals surface area contributed by atoms with Crippen LogP contribution in [-0.4, -0.2) is 26.2 Å². The van der Waals surface area contributed by atoms with Crippen molar-refractivity contribution in [3.05, 3.63) is 45.4 Å². The predicted molar refractivity (Wildman–Crippen MR) is 106 cm³/mol. The molecule has 0 amide bonds. The molecule has 0 aromatic heterocycles. The lowest BCUT2D eigenvalue weighted by atomic mass is 10.1. The molecule has 24 heavy (non-hydrogen) atoms. The van der Waals surface area contributed by atoms with Crippen molar-refractivity contribution in [1.82, 2.24) is 0 Å². The van der Waals surface area contributed by atoms with Crippen molar-refractivity contribution in [3.8, 4) is 0 Å². The number of halogens is 2. The molecule has 0 bridgehead atoms. The molecular formula is C18H22Cl2N4. The second-order valence-electron chi connectivity index (χ2n) is 6.20. The molecule has 4 nitrogen and oxygen atoms in total. The van der Waals surface area contributed by atoms with E-state index in [9.17, 15) is 0 Å². The van der Waals surface area contributed by atoms with Gasteiger partial charge in [-0.15, -0.1) is 0 Å². The second kappa shape index (κ2) is 6.61. The smallest absolute Gasteiger partial charge is 0.0685 e. The number of hydrogen-bond donors (Lipinski definition) is 2. The first kappa shape index (κ1) is 17.1. The fourth-order valence-electron chi connectivity index (χ4n) is 3.27. The number of rotatable bonds is 2. The summed E-state index contributed by atoms with van der Waals surface area (Å²) in [7, 11) is 0. The zero-order valence-electron chi connectivity index (χ0n) is 13.9. The molecule has 0 unspecified atom stereocenters. The number of hydrogen-bond acceptors (Lipinski definition) is 4. The van der Waals surface area contributed by atoms with Gasteiger partial charge in [0.15, 0.2) is 0 Å². The Morgan fingerprint density at radius 3 is 1.38 bits per heavy atom. The van der Waals surface area contributed by atoms with Crippen molar-refractivity contribution in [2.45, 2.75) is 13.8 Å². The Hall–Kier alpha value is -1.78. The van der Waals surface area contributed by atoms with Gasteiger partial charge in [-0.25, -0.2) is 0 Å². The highest BCUT2D eigenvalue weighted by Gasteiger charge is 2.21. The summed E-state index contributed by atoms with van der Waals surface area (Å²) in [6, 6.07) is 7.86. The molecule has 1 aliphatic heterocycles. The quantitative estimate of drug-likeness (QED) is 0.787. The summed E-state index contributed by atoms with van der Waals surface area (Å²) in [6.07, 6.45) is 0. The monoisotopic (exact) mass is 364 g/mol. The molecule has 0 aliphatic carbocycles. The Labute approximate surface area is 152 Å². The van der Waals surface area contributed by atoms with Gasteiger partial charge in [0.05, 0.1) is 21.4 Å². The lowest BCUT2D eigenvalue weighted by Gasteiger charge is -2.39. The zero-order chi connectivity index (χ0) is 17.4. The molecular weight excluding hydrogens is 343 g/mol. The van der Waals surface area contributed by atoms with E-state index in [-0.39, 0.29) is 0 Å². The van der Waals surface area contributed by atoms with Crippen LogP contribution in [0, 0.1) is 13.8 Å². The molecule has 1 heterocycles. The third-order valence-corrected chi connectivity index (χ3v) is 5.74. The zero-order valence-corrected chi connectivity index (χ0v) is 15.5. The van der Waals surface area contributed by atoms with E-state index >= 15 is 0 Å². The van der Waals surface area contributed by atoms with Gasteiger partial charge in [-0.3, -0.25) is 0 Å². The second-order valence-corrected chi connectivity index (χ2v) is 6.96. The van der Waals surface area contributed by atoms with Crippen LogP contribution >= 0.6 is 23.2 Å². The number of piperazine rings is 1. The molecule has 0 saturated carbocycles. The number of benzene rings is 2. The summed E-state index contributed by atoms with van der Waals surface area (Å²) >= 11 is 12.6. The third-order valence-electron chi connectivity index (χ3n) is 4.74. The van der Waals surface area contributed by atoms with Crippen molar-refractivity contribution in [2.75, 3.05) is 47.4 Å². The Morgan fingerprint density at radius 2 is 1.04 bits per heavy atom. The van der Waals surface area contributed by atoms with Crippen molar-refractivity contribution in [2.24, 2.45) is 0 Å². The maximum absolute atomic E-state index is 6.29. The molecule has 2 aromatic rings. The number of nitrogens with two attached hydrogens (primary N) is 2. The van der Waals surface area contributed by atoms with E-state index in [1.807, 2.05) is 26.0 Å². The normalized spacial score (nSPS) is 15.0. The fraction of sp³-hybridized carbons (Fsp3) is 0.333. The number of anilines is 4. The first-order chi connectivity index (χ1) is 11.4. The maximum Gasteiger partial charge on any atom is 0.0685 e. The molecule has 0 radical (unpaired) electrons. The minimum absolute atomic E-state index is 0.628. The lowest BCUT2D eigenvalue weighted by Crippen LogP contribution is -2.47. The van der Waals surface area contributed by atoms with Crippen LogP contribution in [0.25, 0.3) is 0 Å². The van der Waals surface area contributed by atoms with E-state index < -0.39 is 0 Å². The van der Waals surface area contributed by atoms with E-state index in [0.717, 1.165) is 48.7 Å². The van der Waals surface area contributed by atoms with Crippen LogP contribution < -0.4 is 21.3 Å². The summed E-state index contributed by atoms with van der Waals surface area (Å²) in [5.41, 5.74) is 17.4. The Morgan fingerprint density at radius 1 is 0.708 bits per heavy atom. The van der Waals surface area contributed by atoms with Crippen molar-refractivity contribution in [3.63, 3.8) is 0 Å². The minimum Gasteiger partial charge on any atom is -0.398 e. The summed E-state index contributed by atoms with van der Waals surface area (Å²) in [5.74, 6) is 0. The molecule has 1 fully saturated rings. The molecule has 1 aliphatic rings. The minimum atomic E-state index is 0.628. The first-order valence-electron chi connectivity index (χ1n) is 7.99. The van der Waals surface area contributed by atoms with Gasteiger partial charge in [0.1, 0.15) is 0 Å². The summed E-state index contributed by atoms with van der Waals surface area (Å²) in [6.45, 7) is 7.71. The lowest BCUT2D eigenvalue weighted by molar-refractivity contribution is 0.651. The van der Waals surface area contributed by atoms with E-state index in [4.69, 9.17) is 34.7 Å². The molecule has 0 spiro atoms. The SMILES string of the molecule is Cc1c(N2CCN(c3ccc(N)c(Cl)c3C)CC2)ccc(N)c1Cl. The molecule has 4 N–H and O–H groups in total. The highest BCUT2D eigenvalue weighted by molar-refractivity contribution is 6.34. The van der Waals surface area contributed by atoms with Crippen LogP contribution in [0.4, 0.5) is 22.7 Å². The van der Waals surface area contributed by atoms with Crippen LogP contribution in [0.3, 0.4) is 0 Å². The van der Waals surface area contributed by atoms with Crippen molar-refractivity contribution >= 4 is 46.0 Å². The van der Waals surface area contributed by atoms with E-state index in [2.05, 4.69) is 21.9 Å². The maximum atomic E-state index is 6.29. The van der Waals surface area contributed by atoms with E-state index in [1.165, 1.54) is 0 Å². The fourth-order valence-corrected chi connectivity index (χ4v) is 3.58. The molecule has 128 valence electrons. The average Bonchev–Trinajstić information content (AvgIpc) is 2.58. The predicted octanol–water partition coefficient (Wildman–Crippen LogP) is 4.10. The summed E-state index contributed by atoms with van der Waals surface area (Å²) < 4.78 is 0. The van der Waals surface area contributed by atoms with Gasteiger partial charge >= 0.3 is 0 Å². The molecule has 6 heteroatoms. The number of nitrogens with zero attached hydrogens (tertiary/aromatic N) is 2. The van der Waals surface area contributed by atoms with Gasteiger partial charge in [0.25, 0.3) is 0 Å². The summed E-state index contributed by atoms with van der Waals surface area (Å²) in [4.78, 5) is 4.71. The molecule has 1 saturated heterocycles. The number of nitrogen functional groups attached to an aromatic ring is 2. The highest BCUT2D eigenvalue weighted by Crippen LogP contribution is 2.34. The summed E-state index contributed by atoms with van der Waals surface area (Å²) in [5, 5.41) is 1.30. The van der Waals surface area contributed by atoms with Crippen LogP contribution in [0.2, 0.25) is 10.0 Å². The Balaban J connectivity index is 1.77. The van der Waals surface area contributed by atoms with E-state index in [0.29, 0.717) is 21.4 Å². The Bertz CT molecular complexity index is 703. The average molecular weight is 365 g/mol. The van der Waals surface area contributed by atoms with Gasteiger partial charge in [0, 0.05) is 37.6 Å². The van der Waals surface area contributed by atoms with Gasteiger partial charge in [-0.1, -0.05) is 23.2 Å². The molecule has 2 aromatic carbocycles. The Kier molecular flexibility index (Phi) is 4.70. The van der Waals surface area contributed by atoms with Gasteiger partial charge in [-0.05, 0) is 49.2 Å². The van der Waals surface area contributed by atoms with Crippen LogP contribution in [-0.2, 0) is 0 Å². The standard InChI is InChI=1S/C18H22Cl2N4/c1-11-15(5-3-13(21)17(11)19)23-7-9-24(10-8-23)16-6-4-14(22)18(20)12(16)2/h3-6H,7-10,21-22H2,1-2H3. The van der Waals surface area contributed by atoms with Crippen LogP contribution in [0.15, 0.2) is 24.3 Å². The van der Waals surface area contributed by atoms with Gasteiger partial charge in [0.2, 0.25) is 0 Å². The highest BCUT2D eigenvalue weighted by atomic mass is 35.5. The van der Waals surface area contributed by atoms with Crippen LogP contribution in [0.1, 0.15) is 11.1 Å². The van der Waals surface area contributed by atoms with Crippen molar-refractivity contribution < 1.29 is 0 Å². The molecule has 0 atom stereocenters. The van der Waals surface area contributed by atoms with E-state index in [1.54, 1.807) is 0 Å². The largest absolute Gasteiger partial charge is 0.398 e. The topological polar surface area (TPSA) is 58.5 Å².